The van der Waals surface area contributed by atoms with Crippen LogP contribution in [0.3, 0.4) is 0 Å². The summed E-state index contributed by atoms with van der Waals surface area (Å²) in [6.45, 7) is 4.00. The van der Waals surface area contributed by atoms with Gasteiger partial charge in [-0.3, -0.25) is 3.97 Å². The molecule has 0 saturated heterocycles. The number of halogens is 1. The summed E-state index contributed by atoms with van der Waals surface area (Å²) in [5.74, 6) is 1.18. The van der Waals surface area contributed by atoms with Gasteiger partial charge >= 0.3 is 0 Å². The number of nitrogens with one attached hydrogen (secondary N) is 1. The molecule has 1 saturated carbocycles. The van der Waals surface area contributed by atoms with Crippen molar-refractivity contribution in [1.29, 1.82) is 0 Å². The first-order valence-electron chi connectivity index (χ1n) is 8.45. The predicted molar refractivity (Wildman–Crippen MR) is 114 cm³/mol. The highest BCUT2D eigenvalue weighted by molar-refractivity contribution is 14.2. The van der Waals surface area contributed by atoms with Crippen LogP contribution in [0.4, 0.5) is 11.8 Å². The van der Waals surface area contributed by atoms with E-state index in [1.807, 2.05) is 30.1 Å². The standard InChI is InChI=1S/C14H21IN6S.C2H6/c1-20(2)10-5-3-9(4-6-10)17-12-11-7-8-21(22-15)13(11)19-14(16)18-12;1-2/h7-10H,3-6H2,1-2H3,(H3,16,17,18,19);1-2H3. The molecule has 1 aliphatic carbocycles. The Balaban J connectivity index is 0.00000100. The van der Waals surface area contributed by atoms with Crippen LogP contribution in [0.1, 0.15) is 39.5 Å². The number of rotatable bonds is 4. The molecule has 0 radical (unpaired) electrons. The minimum Gasteiger partial charge on any atom is -0.368 e. The van der Waals surface area contributed by atoms with E-state index >= 15 is 0 Å². The monoisotopic (exact) mass is 462 g/mol. The van der Waals surface area contributed by atoms with E-state index in [9.17, 15) is 0 Å². The molecule has 0 bridgehead atoms. The number of hydrogen-bond acceptors (Lipinski definition) is 6. The van der Waals surface area contributed by atoms with Crippen LogP contribution in [0.15, 0.2) is 12.3 Å². The second-order valence-electron chi connectivity index (χ2n) is 5.99. The molecule has 1 fully saturated rings. The van der Waals surface area contributed by atoms with Crippen molar-refractivity contribution in [3.05, 3.63) is 12.3 Å². The van der Waals surface area contributed by atoms with Gasteiger partial charge in [-0.25, -0.2) is 0 Å². The lowest BCUT2D eigenvalue weighted by Gasteiger charge is -2.33. The Labute approximate surface area is 160 Å². The molecule has 1 aliphatic rings. The molecule has 0 spiro atoms. The van der Waals surface area contributed by atoms with Crippen LogP contribution in [0.5, 0.6) is 0 Å². The summed E-state index contributed by atoms with van der Waals surface area (Å²) in [6, 6.07) is 3.21. The highest BCUT2D eigenvalue weighted by Crippen LogP contribution is 2.30. The minimum absolute atomic E-state index is 0.322. The summed E-state index contributed by atoms with van der Waals surface area (Å²) >= 11 is 2.24. The molecule has 0 aliphatic heterocycles. The van der Waals surface area contributed by atoms with E-state index in [1.165, 1.54) is 12.8 Å². The second kappa shape index (κ2) is 9.10. The molecule has 2 heterocycles. The van der Waals surface area contributed by atoms with Gasteiger partial charge in [-0.1, -0.05) is 13.8 Å². The molecule has 0 atom stereocenters. The average molecular weight is 462 g/mol. The van der Waals surface area contributed by atoms with Gasteiger partial charge in [-0.2, -0.15) is 9.97 Å². The highest BCUT2D eigenvalue weighted by atomic mass is 127. The smallest absolute Gasteiger partial charge is 0.224 e. The van der Waals surface area contributed by atoms with E-state index in [-0.39, 0.29) is 0 Å². The lowest BCUT2D eigenvalue weighted by molar-refractivity contribution is 0.221. The van der Waals surface area contributed by atoms with E-state index in [0.29, 0.717) is 18.0 Å². The summed E-state index contributed by atoms with van der Waals surface area (Å²) in [4.78, 5) is 11.1. The Bertz CT molecular complexity index is 651. The molecule has 3 rings (SSSR count). The van der Waals surface area contributed by atoms with Crippen molar-refractivity contribution in [2.24, 2.45) is 0 Å². The zero-order chi connectivity index (χ0) is 17.7. The third-order valence-corrected chi connectivity index (χ3v) is 6.09. The topological polar surface area (TPSA) is 72.0 Å². The van der Waals surface area contributed by atoms with Crippen molar-refractivity contribution in [2.75, 3.05) is 25.1 Å². The first-order chi connectivity index (χ1) is 11.6. The van der Waals surface area contributed by atoms with Gasteiger partial charge in [0.05, 0.1) is 5.39 Å². The Morgan fingerprint density at radius 3 is 2.50 bits per heavy atom. The molecule has 24 heavy (non-hydrogen) atoms. The zero-order valence-electron chi connectivity index (χ0n) is 14.8. The maximum Gasteiger partial charge on any atom is 0.224 e. The van der Waals surface area contributed by atoms with Crippen molar-refractivity contribution in [1.82, 2.24) is 18.8 Å². The molecule has 8 heteroatoms. The summed E-state index contributed by atoms with van der Waals surface area (Å²) in [6.07, 6.45) is 6.77. The summed E-state index contributed by atoms with van der Waals surface area (Å²) in [5.41, 5.74) is 6.75. The Morgan fingerprint density at radius 1 is 1.25 bits per heavy atom. The fourth-order valence-electron chi connectivity index (χ4n) is 3.10. The van der Waals surface area contributed by atoms with Crippen molar-refractivity contribution in [3.63, 3.8) is 0 Å². The van der Waals surface area contributed by atoms with Gasteiger partial charge in [0.15, 0.2) is 5.65 Å². The normalized spacial score (nSPS) is 20.8. The Kier molecular flexibility index (Phi) is 7.42. The van der Waals surface area contributed by atoms with Gasteiger partial charge in [0, 0.05) is 48.6 Å². The number of aromatic nitrogens is 3. The third-order valence-electron chi connectivity index (χ3n) is 4.37. The molecule has 0 aromatic carbocycles. The molecule has 134 valence electrons. The van der Waals surface area contributed by atoms with Crippen molar-refractivity contribution in [3.8, 4) is 0 Å². The Hall–Kier alpha value is -0.740. The number of anilines is 2. The molecule has 0 unspecified atom stereocenters. The van der Waals surface area contributed by atoms with E-state index < -0.39 is 0 Å². The van der Waals surface area contributed by atoms with E-state index in [1.54, 1.807) is 9.12 Å². The van der Waals surface area contributed by atoms with Gasteiger partial charge in [0.2, 0.25) is 5.95 Å². The third kappa shape index (κ3) is 4.45. The summed E-state index contributed by atoms with van der Waals surface area (Å²) < 4.78 is 2.00. The number of nitrogens with zero attached hydrogens (tertiary/aromatic N) is 4. The SMILES string of the molecule is CC.CN(C)C1CCC(Nc2nc(N)nc3c2ccn3SI)CC1. The van der Waals surface area contributed by atoms with Crippen LogP contribution in [-0.4, -0.2) is 45.0 Å². The fraction of sp³-hybridized carbons (Fsp3) is 0.625. The first kappa shape index (κ1) is 19.6. The first-order valence-corrected chi connectivity index (χ1v) is 11.8. The van der Waals surface area contributed by atoms with E-state index in [4.69, 9.17) is 5.73 Å². The molecule has 2 aromatic rings. The quantitative estimate of drug-likeness (QED) is 0.665. The zero-order valence-corrected chi connectivity index (χ0v) is 17.8. The van der Waals surface area contributed by atoms with Crippen LogP contribution in [-0.2, 0) is 0 Å². The highest BCUT2D eigenvalue weighted by Gasteiger charge is 2.23. The second-order valence-corrected chi connectivity index (χ2v) is 7.70. The van der Waals surface area contributed by atoms with E-state index in [0.717, 1.165) is 29.7 Å². The molecular weight excluding hydrogens is 435 g/mol. The van der Waals surface area contributed by atoms with Crippen LogP contribution in [0.25, 0.3) is 11.0 Å². The van der Waals surface area contributed by atoms with Crippen molar-refractivity contribution < 1.29 is 0 Å². The van der Waals surface area contributed by atoms with Gasteiger partial charge < -0.3 is 16.0 Å². The number of nitrogen functional groups attached to an aromatic ring is 1. The lowest BCUT2D eigenvalue weighted by atomic mass is 9.90. The number of hydrogen-bond donors (Lipinski definition) is 2. The maximum atomic E-state index is 5.88. The number of fused-ring (bicyclic) bond motifs is 1. The van der Waals surface area contributed by atoms with Gasteiger partial charge in [0.25, 0.3) is 0 Å². The lowest BCUT2D eigenvalue weighted by Crippen LogP contribution is -2.36. The van der Waals surface area contributed by atoms with Crippen LogP contribution in [0, 0.1) is 0 Å². The molecule has 6 nitrogen and oxygen atoms in total. The summed E-state index contributed by atoms with van der Waals surface area (Å²) in [7, 11) is 5.91. The van der Waals surface area contributed by atoms with Crippen LogP contribution >= 0.6 is 30.3 Å². The summed E-state index contributed by atoms with van der Waals surface area (Å²) in [5, 5.41) is 4.62. The van der Waals surface area contributed by atoms with Gasteiger partial charge in [-0.05, 0) is 45.8 Å². The Morgan fingerprint density at radius 2 is 1.92 bits per heavy atom. The minimum atomic E-state index is 0.322. The molecule has 0 amide bonds. The van der Waals surface area contributed by atoms with E-state index in [2.05, 4.69) is 55.5 Å². The largest absolute Gasteiger partial charge is 0.368 e. The number of nitrogens with two attached hydrogens (primary N) is 1. The predicted octanol–water partition coefficient (Wildman–Crippen LogP) is 4.17. The van der Waals surface area contributed by atoms with Crippen molar-refractivity contribution >= 4 is 53.1 Å². The molecule has 3 N–H and O–H groups in total. The molecule has 2 aromatic heterocycles. The van der Waals surface area contributed by atoms with Crippen LogP contribution in [0.2, 0.25) is 0 Å². The van der Waals surface area contributed by atoms with Gasteiger partial charge in [0.1, 0.15) is 5.82 Å². The van der Waals surface area contributed by atoms with Gasteiger partial charge in [-0.15, -0.1) is 0 Å². The fourth-order valence-corrected chi connectivity index (χ4v) is 4.37. The maximum absolute atomic E-state index is 5.88. The molecular formula is C16H27IN6S. The van der Waals surface area contributed by atoms with Crippen molar-refractivity contribution in [2.45, 2.75) is 51.6 Å². The van der Waals surface area contributed by atoms with Crippen LogP contribution < -0.4 is 11.1 Å². The average Bonchev–Trinajstić information content (AvgIpc) is 3.00.